The van der Waals surface area contributed by atoms with Gasteiger partial charge in [0.1, 0.15) is 5.82 Å². The van der Waals surface area contributed by atoms with Gasteiger partial charge in [0, 0.05) is 5.75 Å². The molecule has 88 valence electrons. The van der Waals surface area contributed by atoms with E-state index in [1.54, 1.807) is 19.1 Å². The van der Waals surface area contributed by atoms with E-state index in [2.05, 4.69) is 15.9 Å². The minimum absolute atomic E-state index is 0.214. The van der Waals surface area contributed by atoms with E-state index in [0.717, 1.165) is 5.56 Å². The van der Waals surface area contributed by atoms with Crippen LogP contribution in [0, 0.1) is 5.82 Å². The summed E-state index contributed by atoms with van der Waals surface area (Å²) in [5, 5.41) is 0. The summed E-state index contributed by atoms with van der Waals surface area (Å²) in [5.74, 6) is 0.494. The number of carbonyl (C=O) groups is 1. The van der Waals surface area contributed by atoms with E-state index in [-0.39, 0.29) is 11.8 Å². The zero-order valence-corrected chi connectivity index (χ0v) is 11.2. The Kier molecular flexibility index (Phi) is 5.84. The number of rotatable bonds is 5. The molecule has 0 saturated heterocycles. The van der Waals surface area contributed by atoms with E-state index < -0.39 is 0 Å². The monoisotopic (exact) mass is 306 g/mol. The molecule has 16 heavy (non-hydrogen) atoms. The van der Waals surface area contributed by atoms with Gasteiger partial charge in [0.2, 0.25) is 0 Å². The number of halogens is 2. The fourth-order valence-corrected chi connectivity index (χ4v) is 2.28. The van der Waals surface area contributed by atoms with Crippen LogP contribution >= 0.6 is 27.7 Å². The summed E-state index contributed by atoms with van der Waals surface area (Å²) in [6.07, 6.45) is 0. The summed E-state index contributed by atoms with van der Waals surface area (Å²) in [7, 11) is 0. The van der Waals surface area contributed by atoms with Crippen molar-refractivity contribution in [2.75, 3.05) is 12.4 Å². The number of thioether (sulfide) groups is 1. The van der Waals surface area contributed by atoms with Gasteiger partial charge in [-0.3, -0.25) is 4.79 Å². The van der Waals surface area contributed by atoms with Crippen LogP contribution in [0.3, 0.4) is 0 Å². The van der Waals surface area contributed by atoms with E-state index in [1.807, 2.05) is 0 Å². The molecule has 0 radical (unpaired) electrons. The van der Waals surface area contributed by atoms with Crippen molar-refractivity contribution in [3.63, 3.8) is 0 Å². The predicted octanol–water partition coefficient (Wildman–Crippen LogP) is 3.38. The van der Waals surface area contributed by atoms with Gasteiger partial charge in [0.05, 0.1) is 16.8 Å². The third-order valence-corrected chi connectivity index (χ3v) is 3.36. The first-order chi connectivity index (χ1) is 7.63. The van der Waals surface area contributed by atoms with Gasteiger partial charge < -0.3 is 4.74 Å². The van der Waals surface area contributed by atoms with E-state index in [0.29, 0.717) is 22.6 Å². The quantitative estimate of drug-likeness (QED) is 0.780. The molecule has 0 atom stereocenters. The lowest BCUT2D eigenvalue weighted by Gasteiger charge is -2.03. The van der Waals surface area contributed by atoms with Crippen molar-refractivity contribution in [2.45, 2.75) is 12.7 Å². The highest BCUT2D eigenvalue weighted by molar-refractivity contribution is 9.10. The van der Waals surface area contributed by atoms with Crippen LogP contribution in [0.4, 0.5) is 4.39 Å². The Morgan fingerprint density at radius 3 is 2.94 bits per heavy atom. The first kappa shape index (κ1) is 13.5. The number of carbonyl (C=O) groups excluding carboxylic acids is 1. The van der Waals surface area contributed by atoms with E-state index in [9.17, 15) is 9.18 Å². The number of hydrogen-bond acceptors (Lipinski definition) is 3. The summed E-state index contributed by atoms with van der Waals surface area (Å²) in [6.45, 7) is 2.18. The average Bonchev–Trinajstić information content (AvgIpc) is 2.24. The highest BCUT2D eigenvalue weighted by atomic mass is 79.9. The molecule has 1 rings (SSSR count). The van der Waals surface area contributed by atoms with Gasteiger partial charge in [-0.25, -0.2) is 4.39 Å². The molecule has 0 bridgehead atoms. The fraction of sp³-hybridized carbons (Fsp3) is 0.364. The Hall–Kier alpha value is -0.550. The molecular weight excluding hydrogens is 295 g/mol. The third-order valence-electron chi connectivity index (χ3n) is 1.78. The summed E-state index contributed by atoms with van der Waals surface area (Å²) in [4.78, 5) is 11.0. The molecule has 0 saturated carbocycles. The van der Waals surface area contributed by atoms with Gasteiger partial charge in [-0.05, 0) is 40.5 Å². The van der Waals surface area contributed by atoms with Crippen molar-refractivity contribution < 1.29 is 13.9 Å². The van der Waals surface area contributed by atoms with Crippen LogP contribution in [0.2, 0.25) is 0 Å². The molecule has 0 spiro atoms. The molecular formula is C11H12BrFO2S. The van der Waals surface area contributed by atoms with Crippen molar-refractivity contribution in [3.05, 3.63) is 34.1 Å². The fourth-order valence-electron chi connectivity index (χ4n) is 1.08. The zero-order chi connectivity index (χ0) is 12.0. The Balaban J connectivity index is 2.37. The van der Waals surface area contributed by atoms with Crippen LogP contribution in [0.25, 0.3) is 0 Å². The summed E-state index contributed by atoms with van der Waals surface area (Å²) in [5.41, 5.74) is 0.975. The molecule has 0 amide bonds. The van der Waals surface area contributed by atoms with E-state index >= 15 is 0 Å². The Bertz CT molecular complexity index is 371. The smallest absolute Gasteiger partial charge is 0.315 e. The average molecular weight is 307 g/mol. The van der Waals surface area contributed by atoms with Crippen molar-refractivity contribution in [2.24, 2.45) is 0 Å². The topological polar surface area (TPSA) is 26.3 Å². The van der Waals surface area contributed by atoms with Gasteiger partial charge in [-0.15, -0.1) is 11.8 Å². The summed E-state index contributed by atoms with van der Waals surface area (Å²) >= 11 is 4.57. The molecule has 0 N–H and O–H groups in total. The highest BCUT2D eigenvalue weighted by Gasteiger charge is 2.04. The van der Waals surface area contributed by atoms with Crippen LogP contribution < -0.4 is 0 Å². The Morgan fingerprint density at radius 1 is 1.56 bits per heavy atom. The second-order valence-corrected chi connectivity index (χ2v) is 4.89. The standard InChI is InChI=1S/C11H12BrFO2S/c1-2-15-11(14)7-16-6-8-3-4-10(13)9(12)5-8/h3-5H,2,6-7H2,1H3. The van der Waals surface area contributed by atoms with Crippen LogP contribution in [0.15, 0.2) is 22.7 Å². The lowest BCUT2D eigenvalue weighted by Crippen LogP contribution is -2.06. The number of benzene rings is 1. The van der Waals surface area contributed by atoms with Crippen molar-refractivity contribution >= 4 is 33.7 Å². The van der Waals surface area contributed by atoms with E-state index in [1.165, 1.54) is 17.8 Å². The third kappa shape index (κ3) is 4.53. The minimum Gasteiger partial charge on any atom is -0.465 e. The molecule has 0 fully saturated rings. The molecule has 5 heteroatoms. The van der Waals surface area contributed by atoms with Gasteiger partial charge >= 0.3 is 5.97 Å². The molecule has 0 aromatic heterocycles. The summed E-state index contributed by atoms with van der Waals surface area (Å²) < 4.78 is 18.2. The first-order valence-corrected chi connectivity index (χ1v) is 6.75. The van der Waals surface area contributed by atoms with Gasteiger partial charge in [0.25, 0.3) is 0 Å². The zero-order valence-electron chi connectivity index (χ0n) is 8.83. The lowest BCUT2D eigenvalue weighted by atomic mass is 10.2. The largest absolute Gasteiger partial charge is 0.465 e. The molecule has 1 aromatic carbocycles. The van der Waals surface area contributed by atoms with Gasteiger partial charge in [-0.2, -0.15) is 0 Å². The van der Waals surface area contributed by atoms with Gasteiger partial charge in [0.15, 0.2) is 0 Å². The molecule has 0 aliphatic carbocycles. The predicted molar refractivity (Wildman–Crippen MR) is 66.9 cm³/mol. The highest BCUT2D eigenvalue weighted by Crippen LogP contribution is 2.20. The number of esters is 1. The molecule has 1 aromatic rings. The molecule has 0 unspecified atom stereocenters. The maximum Gasteiger partial charge on any atom is 0.315 e. The molecule has 0 aliphatic rings. The Labute approximate surface area is 107 Å². The molecule has 0 heterocycles. The SMILES string of the molecule is CCOC(=O)CSCc1ccc(F)c(Br)c1. The van der Waals surface area contributed by atoms with Crippen molar-refractivity contribution in [1.29, 1.82) is 0 Å². The van der Waals surface area contributed by atoms with Gasteiger partial charge in [-0.1, -0.05) is 6.07 Å². The minimum atomic E-state index is -0.279. The second kappa shape index (κ2) is 6.91. The molecule has 0 aliphatic heterocycles. The van der Waals surface area contributed by atoms with E-state index in [4.69, 9.17) is 4.74 Å². The van der Waals surface area contributed by atoms with Crippen molar-refractivity contribution in [1.82, 2.24) is 0 Å². The number of ether oxygens (including phenoxy) is 1. The number of hydrogen-bond donors (Lipinski definition) is 0. The maximum absolute atomic E-state index is 12.9. The van der Waals surface area contributed by atoms with Crippen molar-refractivity contribution in [3.8, 4) is 0 Å². The Morgan fingerprint density at radius 2 is 2.31 bits per heavy atom. The lowest BCUT2D eigenvalue weighted by molar-refractivity contribution is -0.139. The molecule has 2 nitrogen and oxygen atoms in total. The maximum atomic E-state index is 12.9. The van der Waals surface area contributed by atoms with Crippen LogP contribution in [-0.2, 0) is 15.3 Å². The summed E-state index contributed by atoms with van der Waals surface area (Å²) in [6, 6.07) is 4.83. The van der Waals surface area contributed by atoms with Crippen LogP contribution in [0.1, 0.15) is 12.5 Å². The van der Waals surface area contributed by atoms with Crippen LogP contribution in [-0.4, -0.2) is 18.3 Å². The first-order valence-electron chi connectivity index (χ1n) is 4.80. The second-order valence-electron chi connectivity index (χ2n) is 3.05. The van der Waals surface area contributed by atoms with Crippen LogP contribution in [0.5, 0.6) is 0 Å². The normalized spacial score (nSPS) is 10.2.